The monoisotopic (exact) mass is 387 g/mol. The summed E-state index contributed by atoms with van der Waals surface area (Å²) in [7, 11) is 0. The summed E-state index contributed by atoms with van der Waals surface area (Å²) in [5, 5.41) is 9.70. The minimum absolute atomic E-state index is 0.0251. The summed E-state index contributed by atoms with van der Waals surface area (Å²) in [6.07, 6.45) is 3.27. The second-order valence-corrected chi connectivity index (χ2v) is 9.60. The van der Waals surface area contributed by atoms with Crippen LogP contribution in [0.3, 0.4) is 0 Å². The molecule has 7 heteroatoms. The van der Waals surface area contributed by atoms with Crippen molar-refractivity contribution >= 4 is 28.6 Å². The highest BCUT2D eigenvalue weighted by atomic mass is 32.2. The number of pyridine rings is 2. The number of halogens is 1. The van der Waals surface area contributed by atoms with Crippen LogP contribution in [0.15, 0.2) is 35.6 Å². The fourth-order valence-electron chi connectivity index (χ4n) is 2.59. The first-order chi connectivity index (χ1) is 12.5. The molecule has 0 aromatic carbocycles. The van der Waals surface area contributed by atoms with Gasteiger partial charge in [-0.3, -0.25) is 9.78 Å². The molecule has 2 N–H and O–H groups in total. The van der Waals surface area contributed by atoms with Gasteiger partial charge in [0.2, 0.25) is 0 Å². The van der Waals surface area contributed by atoms with Gasteiger partial charge < -0.3 is 10.1 Å². The second kappa shape index (κ2) is 6.64. The molecule has 3 heterocycles. The zero-order valence-electron chi connectivity index (χ0n) is 15.9. The van der Waals surface area contributed by atoms with Crippen molar-refractivity contribution in [3.63, 3.8) is 0 Å². The van der Waals surface area contributed by atoms with Gasteiger partial charge in [0.1, 0.15) is 9.77 Å². The Kier molecular flexibility index (Phi) is 4.76. The van der Waals surface area contributed by atoms with Crippen LogP contribution >= 0.6 is 11.8 Å². The molecule has 0 aliphatic rings. The van der Waals surface area contributed by atoms with E-state index >= 15 is 0 Å². The number of aromatic nitrogens is 3. The lowest BCUT2D eigenvalue weighted by atomic mass is 9.87. The molecule has 0 atom stereocenters. The van der Waals surface area contributed by atoms with Crippen molar-refractivity contribution in [2.75, 3.05) is 0 Å². The van der Waals surface area contributed by atoms with Crippen LogP contribution in [0.4, 0.5) is 4.39 Å². The lowest BCUT2D eigenvalue weighted by molar-refractivity contribution is -0.138. The number of carboxylic acid groups (broad SMARTS) is 1. The summed E-state index contributed by atoms with van der Waals surface area (Å²) in [6.45, 7) is 9.41. The topological polar surface area (TPSA) is 78.9 Å². The van der Waals surface area contributed by atoms with Crippen molar-refractivity contribution in [2.45, 2.75) is 49.8 Å². The van der Waals surface area contributed by atoms with Crippen LogP contribution in [0, 0.1) is 5.82 Å². The maximum atomic E-state index is 14.9. The molecule has 0 spiro atoms. The first kappa shape index (κ1) is 19.4. The maximum Gasteiger partial charge on any atom is 0.319 e. The van der Waals surface area contributed by atoms with Gasteiger partial charge in [-0.15, -0.1) is 0 Å². The molecule has 0 aliphatic heterocycles. The van der Waals surface area contributed by atoms with Gasteiger partial charge >= 0.3 is 5.97 Å². The van der Waals surface area contributed by atoms with E-state index in [-0.39, 0.29) is 10.4 Å². The Hall–Kier alpha value is -2.41. The quantitative estimate of drug-likeness (QED) is 0.615. The Bertz CT molecular complexity index is 1020. The largest absolute Gasteiger partial charge is 0.480 e. The number of H-pyrrole nitrogens is 1. The zero-order chi connectivity index (χ0) is 20.0. The minimum Gasteiger partial charge on any atom is -0.480 e. The Morgan fingerprint density at radius 3 is 2.52 bits per heavy atom. The number of rotatable bonds is 4. The molecule has 0 unspecified atom stereocenters. The van der Waals surface area contributed by atoms with E-state index in [4.69, 9.17) is 0 Å². The zero-order valence-corrected chi connectivity index (χ0v) is 16.7. The number of hydrogen-bond donors (Lipinski definition) is 2. The average Bonchev–Trinajstić information content (AvgIpc) is 3.02. The Morgan fingerprint density at radius 1 is 1.19 bits per heavy atom. The van der Waals surface area contributed by atoms with E-state index in [1.807, 2.05) is 12.1 Å². The number of carboxylic acids is 1. The smallest absolute Gasteiger partial charge is 0.319 e. The first-order valence-electron chi connectivity index (χ1n) is 8.55. The molecule has 0 bridgehead atoms. The summed E-state index contributed by atoms with van der Waals surface area (Å²) in [5.41, 5.74) is 3.06. The van der Waals surface area contributed by atoms with Gasteiger partial charge in [-0.25, -0.2) is 9.37 Å². The molecule has 0 fully saturated rings. The minimum atomic E-state index is -1.18. The number of carbonyl (C=O) groups is 1. The molecule has 142 valence electrons. The van der Waals surface area contributed by atoms with Gasteiger partial charge in [0.05, 0.1) is 23.1 Å². The van der Waals surface area contributed by atoms with Crippen molar-refractivity contribution in [3.05, 3.63) is 42.0 Å². The number of hydrogen-bond acceptors (Lipinski definition) is 4. The highest BCUT2D eigenvalue weighted by Gasteiger charge is 2.31. The van der Waals surface area contributed by atoms with E-state index in [2.05, 4.69) is 35.7 Å². The van der Waals surface area contributed by atoms with Crippen molar-refractivity contribution in [3.8, 4) is 11.4 Å². The number of thioether (sulfide) groups is 1. The van der Waals surface area contributed by atoms with Crippen LogP contribution in [0.2, 0.25) is 0 Å². The molecule has 3 aromatic rings. The van der Waals surface area contributed by atoms with Crippen molar-refractivity contribution < 1.29 is 14.3 Å². The van der Waals surface area contributed by atoms with Crippen LogP contribution in [-0.4, -0.2) is 30.8 Å². The summed E-state index contributed by atoms with van der Waals surface area (Å²) in [6, 6.07) is 5.65. The molecule has 5 nitrogen and oxygen atoms in total. The molecular formula is C20H22FN3O2S. The summed E-state index contributed by atoms with van der Waals surface area (Å²) >= 11 is 0.891. The number of nitrogens with one attached hydrogen (secondary N) is 1. The fourth-order valence-corrected chi connectivity index (χ4v) is 3.46. The Labute approximate surface area is 161 Å². The van der Waals surface area contributed by atoms with Crippen LogP contribution in [0.25, 0.3) is 22.3 Å². The summed E-state index contributed by atoms with van der Waals surface area (Å²) in [4.78, 5) is 23.0. The van der Waals surface area contributed by atoms with Gasteiger partial charge in [0.15, 0.2) is 5.82 Å². The van der Waals surface area contributed by atoms with Crippen LogP contribution in [0.5, 0.6) is 0 Å². The van der Waals surface area contributed by atoms with E-state index in [1.54, 1.807) is 12.3 Å². The van der Waals surface area contributed by atoms with Gasteiger partial charge in [0, 0.05) is 11.6 Å². The van der Waals surface area contributed by atoms with Gasteiger partial charge in [0.25, 0.3) is 0 Å². The Balaban J connectivity index is 2.04. The average molecular weight is 387 g/mol. The number of aliphatic carboxylic acids is 1. The molecular weight excluding hydrogens is 365 g/mol. The maximum absolute atomic E-state index is 14.9. The van der Waals surface area contributed by atoms with E-state index in [1.165, 1.54) is 20.0 Å². The molecule has 0 amide bonds. The lowest BCUT2D eigenvalue weighted by Gasteiger charge is -2.19. The number of aromatic amines is 1. The molecule has 3 aromatic heterocycles. The van der Waals surface area contributed by atoms with E-state index in [0.717, 1.165) is 23.0 Å². The van der Waals surface area contributed by atoms with E-state index in [9.17, 15) is 14.3 Å². The molecule has 0 aliphatic carbocycles. The van der Waals surface area contributed by atoms with Crippen molar-refractivity contribution in [1.29, 1.82) is 0 Å². The van der Waals surface area contributed by atoms with Gasteiger partial charge in [-0.05, 0) is 43.0 Å². The molecule has 0 saturated carbocycles. The van der Waals surface area contributed by atoms with Crippen LogP contribution in [-0.2, 0) is 10.2 Å². The molecule has 0 radical (unpaired) electrons. The van der Waals surface area contributed by atoms with E-state index in [0.29, 0.717) is 16.6 Å². The normalized spacial score (nSPS) is 12.5. The molecule has 27 heavy (non-hydrogen) atoms. The lowest BCUT2D eigenvalue weighted by Crippen LogP contribution is -2.27. The SMILES string of the molecule is CC(C)(Sc1ncc2[nH]c(-c3cc(C(C)(C)C)ccn3)cc2c1F)C(=O)O. The van der Waals surface area contributed by atoms with Gasteiger partial charge in [-0.2, -0.15) is 0 Å². The highest BCUT2D eigenvalue weighted by Crippen LogP contribution is 2.36. The standard InChI is InChI=1S/C20H22FN3O2S/c1-19(2,3)11-6-7-22-13(8-11)14-9-12-15(24-14)10-23-17(16(12)21)27-20(4,5)18(25)26/h6-10,24H,1-5H3,(H,25,26). The fraction of sp³-hybridized carbons (Fsp3) is 0.350. The second-order valence-electron chi connectivity index (χ2n) is 7.98. The summed E-state index contributed by atoms with van der Waals surface area (Å²) in [5.74, 6) is -1.55. The molecule has 3 rings (SSSR count). The predicted octanol–water partition coefficient (Wildman–Crippen LogP) is 5.02. The van der Waals surface area contributed by atoms with Crippen LogP contribution in [0.1, 0.15) is 40.2 Å². The van der Waals surface area contributed by atoms with Crippen LogP contribution < -0.4 is 0 Å². The third-order valence-electron chi connectivity index (χ3n) is 4.35. The third kappa shape index (κ3) is 3.83. The number of nitrogens with zero attached hydrogens (tertiary/aromatic N) is 2. The number of fused-ring (bicyclic) bond motifs is 1. The predicted molar refractivity (Wildman–Crippen MR) is 106 cm³/mol. The molecule has 0 saturated heterocycles. The van der Waals surface area contributed by atoms with Crippen molar-refractivity contribution in [1.82, 2.24) is 15.0 Å². The highest BCUT2D eigenvalue weighted by molar-refractivity contribution is 8.01. The van der Waals surface area contributed by atoms with Crippen molar-refractivity contribution in [2.24, 2.45) is 0 Å². The third-order valence-corrected chi connectivity index (χ3v) is 5.52. The van der Waals surface area contributed by atoms with Gasteiger partial charge in [-0.1, -0.05) is 32.5 Å². The summed E-state index contributed by atoms with van der Waals surface area (Å²) < 4.78 is 13.8. The first-order valence-corrected chi connectivity index (χ1v) is 9.37. The Morgan fingerprint density at radius 2 is 1.89 bits per heavy atom. The van der Waals surface area contributed by atoms with E-state index < -0.39 is 16.5 Å².